The Balaban J connectivity index is 2.14. The van der Waals surface area contributed by atoms with Crippen molar-refractivity contribution in [1.82, 2.24) is 5.32 Å². The third-order valence-corrected chi connectivity index (χ3v) is 5.75. The molecule has 0 aliphatic heterocycles. The van der Waals surface area contributed by atoms with Gasteiger partial charge in [-0.2, -0.15) is 0 Å². The maximum Gasteiger partial charge on any atom is 0.304 e. The van der Waals surface area contributed by atoms with Crippen LogP contribution in [-0.4, -0.2) is 35.0 Å². The normalized spacial score (nSPS) is 10.4. The molecule has 0 atom stereocenters. The number of hydrogen-bond acceptors (Lipinski definition) is 5. The van der Waals surface area contributed by atoms with E-state index in [-0.39, 0.29) is 12.3 Å². The molecule has 0 aliphatic carbocycles. The van der Waals surface area contributed by atoms with Crippen LogP contribution < -0.4 is 5.32 Å². The molecule has 0 bridgehead atoms. The van der Waals surface area contributed by atoms with Gasteiger partial charge in [-0.05, 0) is 6.07 Å². The highest BCUT2D eigenvalue weighted by atomic mass is 35.5. The molecule has 0 saturated carbocycles. The Bertz CT molecular complexity index is 453. The summed E-state index contributed by atoms with van der Waals surface area (Å²) in [5, 5.41) is 11.2. The zero-order chi connectivity index (χ0) is 14.3. The van der Waals surface area contributed by atoms with Crippen molar-refractivity contribution in [3.8, 4) is 0 Å². The smallest absolute Gasteiger partial charge is 0.304 e. The molecule has 9 heteroatoms. The molecule has 0 radical (unpaired) electrons. The minimum absolute atomic E-state index is 0.146. The summed E-state index contributed by atoms with van der Waals surface area (Å²) in [4.78, 5) is 22.0. The zero-order valence-electron chi connectivity index (χ0n) is 9.65. The van der Waals surface area contributed by atoms with Crippen LogP contribution in [-0.2, 0) is 4.79 Å². The van der Waals surface area contributed by atoms with E-state index in [2.05, 4.69) is 5.32 Å². The lowest BCUT2D eigenvalue weighted by Crippen LogP contribution is -2.25. The van der Waals surface area contributed by atoms with Gasteiger partial charge in [0.25, 0.3) is 5.91 Å². The fourth-order valence-corrected chi connectivity index (χ4v) is 4.39. The molecule has 0 saturated heterocycles. The molecule has 19 heavy (non-hydrogen) atoms. The number of thiophene rings is 1. The van der Waals surface area contributed by atoms with Gasteiger partial charge in [0.05, 0.1) is 16.3 Å². The molecular formula is C10H11Cl2NO3S3. The van der Waals surface area contributed by atoms with Gasteiger partial charge in [0, 0.05) is 18.1 Å². The Labute approximate surface area is 132 Å². The molecule has 106 valence electrons. The van der Waals surface area contributed by atoms with Gasteiger partial charge in [-0.15, -0.1) is 11.3 Å². The summed E-state index contributed by atoms with van der Waals surface area (Å²) in [7, 11) is 3.00. The molecule has 1 aromatic heterocycles. The molecule has 0 fully saturated rings. The van der Waals surface area contributed by atoms with E-state index in [9.17, 15) is 9.59 Å². The summed E-state index contributed by atoms with van der Waals surface area (Å²) >= 11 is 12.8. The molecule has 0 aliphatic rings. The number of carbonyl (C=O) groups excluding carboxylic acids is 1. The van der Waals surface area contributed by atoms with Gasteiger partial charge in [-0.1, -0.05) is 44.8 Å². The second kappa shape index (κ2) is 8.97. The number of nitrogens with one attached hydrogen (secondary N) is 1. The second-order valence-electron chi connectivity index (χ2n) is 3.28. The highest BCUT2D eigenvalue weighted by Crippen LogP contribution is 2.31. The van der Waals surface area contributed by atoms with Crippen LogP contribution in [0.2, 0.25) is 8.67 Å². The third kappa shape index (κ3) is 6.76. The van der Waals surface area contributed by atoms with E-state index in [0.29, 0.717) is 32.3 Å². The van der Waals surface area contributed by atoms with Crippen LogP contribution in [0.5, 0.6) is 0 Å². The molecule has 0 spiro atoms. The monoisotopic (exact) mass is 359 g/mol. The van der Waals surface area contributed by atoms with E-state index in [4.69, 9.17) is 28.3 Å². The quantitative estimate of drug-likeness (QED) is 0.547. The number of carboxylic acids is 1. The lowest BCUT2D eigenvalue weighted by Gasteiger charge is -2.03. The van der Waals surface area contributed by atoms with E-state index in [1.807, 2.05) is 0 Å². The van der Waals surface area contributed by atoms with Gasteiger partial charge >= 0.3 is 5.97 Å². The first-order valence-electron chi connectivity index (χ1n) is 5.20. The van der Waals surface area contributed by atoms with Crippen molar-refractivity contribution in [2.75, 3.05) is 18.1 Å². The van der Waals surface area contributed by atoms with Gasteiger partial charge in [0.1, 0.15) is 4.34 Å². The Hall–Kier alpha value is -0.0800. The Morgan fingerprint density at radius 3 is 2.58 bits per heavy atom. The van der Waals surface area contributed by atoms with Crippen molar-refractivity contribution in [2.24, 2.45) is 0 Å². The second-order valence-corrected chi connectivity index (χ2v) is 8.27. The van der Waals surface area contributed by atoms with Gasteiger partial charge in [-0.25, -0.2) is 0 Å². The van der Waals surface area contributed by atoms with Crippen LogP contribution in [0.3, 0.4) is 0 Å². The van der Waals surface area contributed by atoms with Crippen LogP contribution in [0.15, 0.2) is 6.07 Å². The minimum Gasteiger partial charge on any atom is -0.481 e. The maximum atomic E-state index is 11.7. The molecule has 0 aromatic carbocycles. The Kier molecular flexibility index (Phi) is 8.01. The van der Waals surface area contributed by atoms with Crippen LogP contribution in [0.4, 0.5) is 0 Å². The van der Waals surface area contributed by atoms with E-state index in [1.54, 1.807) is 6.07 Å². The first kappa shape index (κ1) is 17.0. The van der Waals surface area contributed by atoms with Crippen molar-refractivity contribution in [3.05, 3.63) is 20.3 Å². The molecule has 1 aromatic rings. The predicted molar refractivity (Wildman–Crippen MR) is 83.8 cm³/mol. The van der Waals surface area contributed by atoms with Gasteiger partial charge in [0.2, 0.25) is 0 Å². The first-order valence-corrected chi connectivity index (χ1v) is 9.26. The molecule has 2 N–H and O–H groups in total. The summed E-state index contributed by atoms with van der Waals surface area (Å²) in [6, 6.07) is 1.54. The number of carbonyl (C=O) groups is 2. The average molecular weight is 360 g/mol. The standard InChI is InChI=1S/C10H11Cl2NO3S3/c11-7-5-6(9(12)19-7)10(16)13-2-4-18-17-3-1-8(14)15/h5H,1-4H2,(H,13,16)(H,14,15). The first-order chi connectivity index (χ1) is 9.00. The Morgan fingerprint density at radius 1 is 1.32 bits per heavy atom. The number of carboxylic acid groups (broad SMARTS) is 1. The van der Waals surface area contributed by atoms with Gasteiger partial charge < -0.3 is 10.4 Å². The van der Waals surface area contributed by atoms with E-state index in [0.717, 1.165) is 11.3 Å². The average Bonchev–Trinajstić information content (AvgIpc) is 2.66. The molecular weight excluding hydrogens is 349 g/mol. The van der Waals surface area contributed by atoms with E-state index < -0.39 is 5.97 Å². The topological polar surface area (TPSA) is 66.4 Å². The SMILES string of the molecule is O=C(O)CCSSCCNC(=O)c1cc(Cl)sc1Cl. The fraction of sp³-hybridized carbons (Fsp3) is 0.400. The fourth-order valence-electron chi connectivity index (χ4n) is 1.04. The number of hydrogen-bond donors (Lipinski definition) is 2. The molecule has 4 nitrogen and oxygen atoms in total. The van der Waals surface area contributed by atoms with Crippen LogP contribution >= 0.6 is 56.1 Å². The highest BCUT2D eigenvalue weighted by Gasteiger charge is 2.13. The largest absolute Gasteiger partial charge is 0.481 e. The van der Waals surface area contributed by atoms with Crippen molar-refractivity contribution in [1.29, 1.82) is 0 Å². The van der Waals surface area contributed by atoms with Gasteiger partial charge in [0.15, 0.2) is 0 Å². The van der Waals surface area contributed by atoms with E-state index in [1.165, 1.54) is 21.6 Å². The number of aliphatic carboxylic acids is 1. The van der Waals surface area contributed by atoms with Crippen LogP contribution in [0, 0.1) is 0 Å². The van der Waals surface area contributed by atoms with Crippen molar-refractivity contribution in [2.45, 2.75) is 6.42 Å². The molecule has 1 rings (SSSR count). The van der Waals surface area contributed by atoms with Crippen molar-refractivity contribution < 1.29 is 14.7 Å². The maximum absolute atomic E-state index is 11.7. The number of halogens is 2. The lowest BCUT2D eigenvalue weighted by atomic mass is 10.3. The van der Waals surface area contributed by atoms with Crippen molar-refractivity contribution >= 4 is 68.0 Å². The molecule has 1 amide bonds. The summed E-state index contributed by atoms with van der Waals surface area (Å²) in [6.45, 7) is 0.493. The van der Waals surface area contributed by atoms with Gasteiger partial charge in [-0.3, -0.25) is 9.59 Å². The summed E-state index contributed by atoms with van der Waals surface area (Å²) in [5.41, 5.74) is 0.389. The Morgan fingerprint density at radius 2 is 2.00 bits per heavy atom. The summed E-state index contributed by atoms with van der Waals surface area (Å²) < 4.78 is 0.861. The zero-order valence-corrected chi connectivity index (χ0v) is 13.6. The summed E-state index contributed by atoms with van der Waals surface area (Å²) in [6.07, 6.45) is 0.146. The number of rotatable bonds is 8. The van der Waals surface area contributed by atoms with E-state index >= 15 is 0 Å². The minimum atomic E-state index is -0.801. The summed E-state index contributed by atoms with van der Waals surface area (Å²) in [5.74, 6) is 0.209. The number of amides is 1. The molecule has 1 heterocycles. The van der Waals surface area contributed by atoms with Crippen molar-refractivity contribution in [3.63, 3.8) is 0 Å². The highest BCUT2D eigenvalue weighted by molar-refractivity contribution is 8.76. The van der Waals surface area contributed by atoms with Crippen LogP contribution in [0.1, 0.15) is 16.8 Å². The lowest BCUT2D eigenvalue weighted by molar-refractivity contribution is -0.136. The molecule has 0 unspecified atom stereocenters. The third-order valence-electron chi connectivity index (χ3n) is 1.85. The van der Waals surface area contributed by atoms with Crippen LogP contribution in [0.25, 0.3) is 0 Å². The predicted octanol–water partition coefficient (Wildman–Crippen LogP) is 3.64.